The van der Waals surface area contributed by atoms with Crippen molar-refractivity contribution < 1.29 is 14.3 Å². The molecule has 1 atom stereocenters. The zero-order valence-electron chi connectivity index (χ0n) is 10.8. The number of carboxylic acids is 1. The summed E-state index contributed by atoms with van der Waals surface area (Å²) in [5, 5.41) is 9.34. The zero-order valence-corrected chi connectivity index (χ0v) is 11.6. The number of likely N-dealkylation sites (tertiary alicyclic amines) is 1. The predicted octanol–water partition coefficient (Wildman–Crippen LogP) is 3.08. The first kappa shape index (κ1) is 14.3. The molecule has 104 valence electrons. The maximum atomic E-state index is 13.5. The van der Waals surface area contributed by atoms with Crippen LogP contribution in [0.1, 0.15) is 24.0 Å². The zero-order chi connectivity index (χ0) is 14.0. The van der Waals surface area contributed by atoms with Crippen LogP contribution in [-0.2, 0) is 11.3 Å². The molecule has 1 N–H and O–H groups in total. The van der Waals surface area contributed by atoms with Gasteiger partial charge in [-0.25, -0.2) is 4.39 Å². The van der Waals surface area contributed by atoms with E-state index in [4.69, 9.17) is 16.7 Å². The molecule has 1 heterocycles. The molecule has 1 saturated heterocycles. The first-order valence-corrected chi connectivity index (χ1v) is 6.72. The van der Waals surface area contributed by atoms with Crippen molar-refractivity contribution in [3.8, 4) is 0 Å². The number of aryl methyl sites for hydroxylation is 1. The van der Waals surface area contributed by atoms with Gasteiger partial charge in [-0.05, 0) is 49.1 Å². The monoisotopic (exact) mass is 285 g/mol. The van der Waals surface area contributed by atoms with E-state index in [9.17, 15) is 9.18 Å². The number of hydrogen-bond donors (Lipinski definition) is 1. The second kappa shape index (κ2) is 5.88. The van der Waals surface area contributed by atoms with Gasteiger partial charge in [0.2, 0.25) is 0 Å². The molecular weight excluding hydrogens is 269 g/mol. The van der Waals surface area contributed by atoms with Crippen LogP contribution in [0.25, 0.3) is 0 Å². The molecule has 0 bridgehead atoms. The van der Waals surface area contributed by atoms with Gasteiger partial charge in [-0.2, -0.15) is 0 Å². The number of carbonyl (C=O) groups is 1. The van der Waals surface area contributed by atoms with Gasteiger partial charge in [0.1, 0.15) is 5.82 Å². The lowest BCUT2D eigenvalue weighted by Crippen LogP contribution is -2.21. The lowest BCUT2D eigenvalue weighted by molar-refractivity contribution is -0.138. The summed E-state index contributed by atoms with van der Waals surface area (Å²) in [7, 11) is 0. The second-order valence-corrected chi connectivity index (χ2v) is 5.59. The Balaban J connectivity index is 1.99. The van der Waals surface area contributed by atoms with Crippen molar-refractivity contribution in [1.82, 2.24) is 4.90 Å². The Morgan fingerprint density at radius 2 is 2.32 bits per heavy atom. The molecule has 0 spiro atoms. The van der Waals surface area contributed by atoms with Crippen LogP contribution in [-0.4, -0.2) is 29.1 Å². The molecule has 0 radical (unpaired) electrons. The van der Waals surface area contributed by atoms with Gasteiger partial charge >= 0.3 is 5.97 Å². The van der Waals surface area contributed by atoms with E-state index >= 15 is 0 Å². The van der Waals surface area contributed by atoms with E-state index < -0.39 is 5.97 Å². The van der Waals surface area contributed by atoms with Crippen LogP contribution in [0.2, 0.25) is 5.02 Å². The Kier molecular flexibility index (Phi) is 4.42. The molecule has 1 aliphatic heterocycles. The van der Waals surface area contributed by atoms with Gasteiger partial charge in [0, 0.05) is 24.5 Å². The number of halogens is 2. The highest BCUT2D eigenvalue weighted by Crippen LogP contribution is 2.26. The fraction of sp³-hybridized carbons (Fsp3) is 0.500. The fourth-order valence-electron chi connectivity index (χ4n) is 2.52. The van der Waals surface area contributed by atoms with Crippen molar-refractivity contribution >= 4 is 17.6 Å². The van der Waals surface area contributed by atoms with Crippen molar-refractivity contribution in [3.63, 3.8) is 0 Å². The number of benzene rings is 1. The number of aliphatic carboxylic acids is 1. The molecular formula is C14H17ClFNO2. The minimum absolute atomic E-state index is 0.187. The average molecular weight is 286 g/mol. The van der Waals surface area contributed by atoms with Crippen molar-refractivity contribution in [2.45, 2.75) is 26.3 Å². The third-order valence-electron chi connectivity index (χ3n) is 3.55. The molecule has 1 aromatic carbocycles. The molecule has 1 fully saturated rings. The van der Waals surface area contributed by atoms with Gasteiger partial charge in [0.25, 0.3) is 0 Å². The highest BCUT2D eigenvalue weighted by atomic mass is 35.5. The third kappa shape index (κ3) is 3.67. The normalized spacial score (nSPS) is 19.8. The highest BCUT2D eigenvalue weighted by molar-refractivity contribution is 6.31. The molecule has 0 aromatic heterocycles. The van der Waals surface area contributed by atoms with Crippen molar-refractivity contribution in [2.24, 2.45) is 5.92 Å². The van der Waals surface area contributed by atoms with E-state index in [0.29, 0.717) is 17.1 Å². The van der Waals surface area contributed by atoms with E-state index in [-0.39, 0.29) is 18.2 Å². The molecule has 1 aromatic rings. The van der Waals surface area contributed by atoms with Crippen LogP contribution in [0.4, 0.5) is 4.39 Å². The molecule has 2 rings (SSSR count). The molecule has 1 unspecified atom stereocenters. The van der Waals surface area contributed by atoms with Crippen molar-refractivity contribution in [2.75, 3.05) is 13.1 Å². The SMILES string of the molecule is Cc1cc(Cl)c(CN2CCC(CC(=O)O)C2)cc1F. The van der Waals surface area contributed by atoms with Crippen molar-refractivity contribution in [3.05, 3.63) is 34.1 Å². The first-order chi connectivity index (χ1) is 8.95. The third-order valence-corrected chi connectivity index (χ3v) is 3.91. The van der Waals surface area contributed by atoms with E-state index in [2.05, 4.69) is 4.90 Å². The number of carboxylic acid groups (broad SMARTS) is 1. The van der Waals surface area contributed by atoms with Gasteiger partial charge in [0.15, 0.2) is 0 Å². The Labute approximate surface area is 117 Å². The minimum Gasteiger partial charge on any atom is -0.481 e. The minimum atomic E-state index is -0.758. The molecule has 3 nitrogen and oxygen atoms in total. The van der Waals surface area contributed by atoms with Crippen LogP contribution in [0.3, 0.4) is 0 Å². The summed E-state index contributed by atoms with van der Waals surface area (Å²) in [5.74, 6) is -0.821. The molecule has 1 aliphatic rings. The van der Waals surface area contributed by atoms with E-state index in [0.717, 1.165) is 25.1 Å². The molecule has 0 saturated carbocycles. The lowest BCUT2D eigenvalue weighted by Gasteiger charge is -2.17. The molecule has 19 heavy (non-hydrogen) atoms. The Morgan fingerprint density at radius 3 is 3.00 bits per heavy atom. The Hall–Kier alpha value is -1.13. The van der Waals surface area contributed by atoms with Crippen LogP contribution in [0.5, 0.6) is 0 Å². The van der Waals surface area contributed by atoms with Gasteiger partial charge < -0.3 is 5.11 Å². The van der Waals surface area contributed by atoms with Crippen LogP contribution < -0.4 is 0 Å². The summed E-state index contributed by atoms with van der Waals surface area (Å²) < 4.78 is 13.5. The standard InChI is InChI=1S/C14H17ClFNO2/c1-9-4-12(15)11(6-13(9)16)8-17-3-2-10(7-17)5-14(18)19/h4,6,10H,2-3,5,7-8H2,1H3,(H,18,19). The van der Waals surface area contributed by atoms with Gasteiger partial charge in [-0.1, -0.05) is 11.6 Å². The topological polar surface area (TPSA) is 40.5 Å². The van der Waals surface area contributed by atoms with E-state index in [1.165, 1.54) is 6.07 Å². The molecule has 5 heteroatoms. The summed E-state index contributed by atoms with van der Waals surface area (Å²) in [4.78, 5) is 12.8. The molecule has 0 aliphatic carbocycles. The van der Waals surface area contributed by atoms with Crippen molar-refractivity contribution in [1.29, 1.82) is 0 Å². The number of rotatable bonds is 4. The number of nitrogens with zero attached hydrogens (tertiary/aromatic N) is 1. The second-order valence-electron chi connectivity index (χ2n) is 5.18. The maximum Gasteiger partial charge on any atom is 0.303 e. The largest absolute Gasteiger partial charge is 0.481 e. The Bertz CT molecular complexity index is 493. The van der Waals surface area contributed by atoms with Gasteiger partial charge in [-0.3, -0.25) is 9.69 Å². The summed E-state index contributed by atoms with van der Waals surface area (Å²) in [6, 6.07) is 3.11. The van der Waals surface area contributed by atoms with E-state index in [1.54, 1.807) is 13.0 Å². The number of hydrogen-bond acceptors (Lipinski definition) is 2. The maximum absolute atomic E-state index is 13.5. The highest BCUT2D eigenvalue weighted by Gasteiger charge is 2.25. The van der Waals surface area contributed by atoms with Crippen LogP contribution in [0, 0.1) is 18.7 Å². The Morgan fingerprint density at radius 1 is 1.58 bits per heavy atom. The molecule has 0 amide bonds. The van der Waals surface area contributed by atoms with E-state index in [1.807, 2.05) is 0 Å². The fourth-order valence-corrected chi connectivity index (χ4v) is 2.80. The van der Waals surface area contributed by atoms with Crippen LogP contribution >= 0.6 is 11.6 Å². The summed E-state index contributed by atoms with van der Waals surface area (Å²) >= 11 is 6.11. The van der Waals surface area contributed by atoms with Crippen LogP contribution in [0.15, 0.2) is 12.1 Å². The quantitative estimate of drug-likeness (QED) is 0.924. The van der Waals surface area contributed by atoms with Gasteiger partial charge in [0.05, 0.1) is 0 Å². The summed E-state index contributed by atoms with van der Waals surface area (Å²) in [6.45, 7) is 3.83. The summed E-state index contributed by atoms with van der Waals surface area (Å²) in [6.07, 6.45) is 1.07. The average Bonchev–Trinajstić information content (AvgIpc) is 2.72. The smallest absolute Gasteiger partial charge is 0.303 e. The first-order valence-electron chi connectivity index (χ1n) is 6.34. The van der Waals surface area contributed by atoms with Gasteiger partial charge in [-0.15, -0.1) is 0 Å². The summed E-state index contributed by atoms with van der Waals surface area (Å²) in [5.41, 5.74) is 1.31. The predicted molar refractivity (Wildman–Crippen MR) is 71.8 cm³/mol. The lowest BCUT2D eigenvalue weighted by atomic mass is 10.1.